The van der Waals surface area contributed by atoms with E-state index in [2.05, 4.69) is 30.6 Å². The van der Waals surface area contributed by atoms with Crippen molar-refractivity contribution in [1.29, 1.82) is 0 Å². The van der Waals surface area contributed by atoms with Gasteiger partial charge in [0.1, 0.15) is 17.2 Å². The van der Waals surface area contributed by atoms with Crippen LogP contribution in [0.25, 0.3) is 5.70 Å². The number of nitrogens with zero attached hydrogens (tertiary/aromatic N) is 4. The number of nitrogens with one attached hydrogen (secondary N) is 2. The molecule has 0 amide bonds. The molecular weight excluding hydrogens is 478 g/mol. The van der Waals surface area contributed by atoms with Crippen LogP contribution in [0.3, 0.4) is 0 Å². The second-order valence-electron chi connectivity index (χ2n) is 7.37. The SMILES string of the molecule is CCC1C=C(c2cccc(C(F)(F)F)n2)NC(=NCCOC)N=C1Nc1ccnc(C(F)(F)F)c1. The molecule has 3 heterocycles. The van der Waals surface area contributed by atoms with E-state index in [0.717, 1.165) is 18.3 Å². The summed E-state index contributed by atoms with van der Waals surface area (Å²) in [6.07, 6.45) is -6.22. The van der Waals surface area contributed by atoms with Crippen molar-refractivity contribution in [3.8, 4) is 0 Å². The monoisotopic (exact) mass is 500 g/mol. The van der Waals surface area contributed by atoms with Gasteiger partial charge in [-0.05, 0) is 36.8 Å². The van der Waals surface area contributed by atoms with Gasteiger partial charge in [0.05, 0.1) is 24.5 Å². The van der Waals surface area contributed by atoms with Crippen molar-refractivity contribution < 1.29 is 31.1 Å². The van der Waals surface area contributed by atoms with Crippen LogP contribution in [-0.2, 0) is 17.1 Å². The number of halogens is 6. The van der Waals surface area contributed by atoms with Crippen molar-refractivity contribution >= 4 is 23.2 Å². The largest absolute Gasteiger partial charge is 0.433 e. The highest BCUT2D eigenvalue weighted by atomic mass is 19.4. The molecule has 1 aliphatic heterocycles. The highest BCUT2D eigenvalue weighted by Gasteiger charge is 2.34. The van der Waals surface area contributed by atoms with E-state index in [1.165, 1.54) is 25.3 Å². The van der Waals surface area contributed by atoms with E-state index in [1.54, 1.807) is 13.0 Å². The maximum Gasteiger partial charge on any atom is 0.433 e. The average Bonchev–Trinajstić information content (AvgIpc) is 2.97. The molecule has 35 heavy (non-hydrogen) atoms. The van der Waals surface area contributed by atoms with Gasteiger partial charge in [-0.15, -0.1) is 0 Å². The highest BCUT2D eigenvalue weighted by Crippen LogP contribution is 2.30. The van der Waals surface area contributed by atoms with E-state index in [4.69, 9.17) is 4.74 Å². The number of hydrogen-bond acceptors (Lipinski definition) is 5. The lowest BCUT2D eigenvalue weighted by atomic mass is 10.0. The third kappa shape index (κ3) is 7.01. The van der Waals surface area contributed by atoms with Gasteiger partial charge in [-0.25, -0.2) is 9.98 Å². The second-order valence-corrected chi connectivity index (χ2v) is 7.37. The number of ether oxygens (including phenoxy) is 1. The highest BCUT2D eigenvalue weighted by molar-refractivity contribution is 6.08. The Morgan fingerprint density at radius 1 is 1.09 bits per heavy atom. The third-order valence-electron chi connectivity index (χ3n) is 4.83. The van der Waals surface area contributed by atoms with Gasteiger partial charge in [0, 0.05) is 24.9 Å². The summed E-state index contributed by atoms with van der Waals surface area (Å²) in [6.45, 7) is 2.24. The molecular formula is C22H22F6N6O. The van der Waals surface area contributed by atoms with E-state index < -0.39 is 29.7 Å². The Morgan fingerprint density at radius 3 is 2.49 bits per heavy atom. The number of guanidine groups is 1. The summed E-state index contributed by atoms with van der Waals surface area (Å²) in [7, 11) is 1.48. The number of methoxy groups -OCH3 is 1. The summed E-state index contributed by atoms with van der Waals surface area (Å²) in [6, 6.07) is 5.69. The summed E-state index contributed by atoms with van der Waals surface area (Å²) >= 11 is 0. The van der Waals surface area contributed by atoms with Crippen molar-refractivity contribution in [2.75, 3.05) is 25.6 Å². The molecule has 3 rings (SSSR count). The number of aliphatic imine (C=N–C) groups is 2. The van der Waals surface area contributed by atoms with Crippen LogP contribution in [0.1, 0.15) is 30.4 Å². The van der Waals surface area contributed by atoms with Gasteiger partial charge >= 0.3 is 12.4 Å². The van der Waals surface area contributed by atoms with Crippen molar-refractivity contribution in [2.45, 2.75) is 25.7 Å². The molecule has 2 aromatic heterocycles. The van der Waals surface area contributed by atoms with E-state index in [1.807, 2.05) is 0 Å². The number of hydrogen-bond donors (Lipinski definition) is 2. The van der Waals surface area contributed by atoms with Crippen LogP contribution >= 0.6 is 0 Å². The fraction of sp³-hybridized carbons (Fsp3) is 0.364. The van der Waals surface area contributed by atoms with Crippen LogP contribution in [0.2, 0.25) is 0 Å². The molecule has 1 aliphatic rings. The minimum absolute atomic E-state index is 0.0115. The lowest BCUT2D eigenvalue weighted by Crippen LogP contribution is -2.24. The van der Waals surface area contributed by atoms with Gasteiger partial charge in [0.25, 0.3) is 0 Å². The van der Waals surface area contributed by atoms with Crippen LogP contribution in [0, 0.1) is 5.92 Å². The third-order valence-corrected chi connectivity index (χ3v) is 4.83. The van der Waals surface area contributed by atoms with Gasteiger partial charge in [-0.3, -0.25) is 4.98 Å². The first-order valence-corrected chi connectivity index (χ1v) is 10.5. The maximum atomic E-state index is 13.2. The Labute approximate surface area is 197 Å². The fourth-order valence-corrected chi connectivity index (χ4v) is 3.12. The molecule has 0 bridgehead atoms. The minimum atomic E-state index is -4.64. The van der Waals surface area contributed by atoms with Crippen molar-refractivity contribution in [1.82, 2.24) is 15.3 Å². The second kappa shape index (κ2) is 10.8. The van der Waals surface area contributed by atoms with E-state index >= 15 is 0 Å². The topological polar surface area (TPSA) is 83.8 Å². The first-order chi connectivity index (χ1) is 16.5. The summed E-state index contributed by atoms with van der Waals surface area (Å²) in [4.78, 5) is 15.7. The van der Waals surface area contributed by atoms with Crippen LogP contribution in [0.5, 0.6) is 0 Å². The molecule has 0 spiro atoms. The van der Waals surface area contributed by atoms with Crippen LogP contribution in [-0.4, -0.2) is 42.0 Å². The Kier molecular flexibility index (Phi) is 8.10. The molecule has 2 aromatic rings. The quantitative estimate of drug-likeness (QED) is 0.431. The number of rotatable bonds is 6. The van der Waals surface area contributed by atoms with Crippen molar-refractivity contribution in [2.24, 2.45) is 15.9 Å². The lowest BCUT2D eigenvalue weighted by molar-refractivity contribution is -0.141. The summed E-state index contributed by atoms with van der Waals surface area (Å²) in [5.74, 6) is -0.222. The number of amidine groups is 1. The Hall–Kier alpha value is -3.48. The molecule has 0 aliphatic carbocycles. The van der Waals surface area contributed by atoms with E-state index in [-0.39, 0.29) is 42.0 Å². The normalized spacial score (nSPS) is 17.9. The molecule has 2 N–H and O–H groups in total. The first kappa shape index (κ1) is 26.1. The van der Waals surface area contributed by atoms with Crippen LogP contribution in [0.15, 0.2) is 52.6 Å². The standard InChI is InChI=1S/C22H22F6N6O/c1-3-13-11-16(15-5-4-6-17(32-15)21(23,24)25)33-20(30-9-10-35-2)34-19(13)31-14-7-8-29-18(12-14)22(26,27)28/h4-8,11-13H,3,9-10H2,1-2H3,(H2,29,30,31,33,34). The van der Waals surface area contributed by atoms with Gasteiger partial charge in [-0.2, -0.15) is 31.3 Å². The smallest absolute Gasteiger partial charge is 0.383 e. The van der Waals surface area contributed by atoms with Gasteiger partial charge in [0.2, 0.25) is 5.96 Å². The molecule has 0 aromatic carbocycles. The zero-order chi connectivity index (χ0) is 25.6. The summed E-state index contributed by atoms with van der Waals surface area (Å²) in [5.41, 5.74) is -1.82. The molecule has 0 saturated heterocycles. The summed E-state index contributed by atoms with van der Waals surface area (Å²) < 4.78 is 83.8. The van der Waals surface area contributed by atoms with E-state index in [0.29, 0.717) is 6.42 Å². The lowest BCUT2D eigenvalue weighted by Gasteiger charge is -2.16. The van der Waals surface area contributed by atoms with Gasteiger partial charge in [0.15, 0.2) is 0 Å². The van der Waals surface area contributed by atoms with Crippen molar-refractivity contribution in [3.05, 3.63) is 59.7 Å². The zero-order valence-electron chi connectivity index (χ0n) is 18.7. The average molecular weight is 500 g/mol. The molecule has 7 nitrogen and oxygen atoms in total. The number of alkyl halides is 6. The number of aromatic nitrogens is 2. The van der Waals surface area contributed by atoms with E-state index in [9.17, 15) is 26.3 Å². The molecule has 1 unspecified atom stereocenters. The molecule has 0 fully saturated rings. The van der Waals surface area contributed by atoms with Crippen molar-refractivity contribution in [3.63, 3.8) is 0 Å². The first-order valence-electron chi connectivity index (χ1n) is 10.5. The Bertz CT molecular complexity index is 1130. The maximum absolute atomic E-state index is 13.2. The Morgan fingerprint density at radius 2 is 1.83 bits per heavy atom. The van der Waals surface area contributed by atoms with Gasteiger partial charge in [-0.1, -0.05) is 13.0 Å². The van der Waals surface area contributed by atoms with Crippen LogP contribution in [0.4, 0.5) is 32.0 Å². The molecule has 0 radical (unpaired) electrons. The fourth-order valence-electron chi connectivity index (χ4n) is 3.12. The number of pyridine rings is 2. The van der Waals surface area contributed by atoms with Gasteiger partial charge < -0.3 is 15.4 Å². The molecule has 188 valence electrons. The molecule has 13 heteroatoms. The zero-order valence-corrected chi connectivity index (χ0v) is 18.7. The molecule has 0 saturated carbocycles. The molecule has 1 atom stereocenters. The predicted molar refractivity (Wildman–Crippen MR) is 119 cm³/mol. The Balaban J connectivity index is 2.02. The minimum Gasteiger partial charge on any atom is -0.383 e. The number of anilines is 1. The predicted octanol–water partition coefficient (Wildman–Crippen LogP) is 5.00. The van der Waals surface area contributed by atoms with Crippen LogP contribution < -0.4 is 10.6 Å². The summed E-state index contributed by atoms with van der Waals surface area (Å²) in [5, 5.41) is 5.77.